The Hall–Kier alpha value is -1.46. The number of thioether (sulfide) groups is 1. The molecule has 2 N–H and O–H groups in total. The van der Waals surface area contributed by atoms with Crippen molar-refractivity contribution in [3.05, 3.63) is 65.7 Å². The molecule has 5 heteroatoms. The van der Waals surface area contributed by atoms with E-state index in [0.29, 0.717) is 0 Å². The molecule has 0 heterocycles. The van der Waals surface area contributed by atoms with Gasteiger partial charge in [0.05, 0.1) is 19.2 Å². The van der Waals surface area contributed by atoms with Gasteiger partial charge in [-0.05, 0) is 29.8 Å². The molecule has 0 fully saturated rings. The molecular formula is C17H19F3NS+. The summed E-state index contributed by atoms with van der Waals surface area (Å²) in [5, 5.41) is 2.36. The van der Waals surface area contributed by atoms with Gasteiger partial charge in [-0.1, -0.05) is 30.3 Å². The zero-order valence-electron chi connectivity index (χ0n) is 12.3. The molecule has 2 aromatic carbocycles. The van der Waals surface area contributed by atoms with Crippen molar-refractivity contribution in [3.8, 4) is 0 Å². The third-order valence-electron chi connectivity index (χ3n) is 3.35. The Bertz CT molecular complexity index is 567. The zero-order chi connectivity index (χ0) is 16.0. The molecule has 0 aromatic heterocycles. The SMILES string of the molecule is C[NH2+]CC[C@H](Sc1ccc(C(F)(F)F)cc1)c1ccccc1. The summed E-state index contributed by atoms with van der Waals surface area (Å²) in [5.41, 5.74) is 0.601. The van der Waals surface area contributed by atoms with Crippen LogP contribution in [0.3, 0.4) is 0 Å². The first-order chi connectivity index (χ1) is 10.5. The first kappa shape index (κ1) is 16.9. The van der Waals surface area contributed by atoms with Crippen molar-refractivity contribution in [2.75, 3.05) is 13.6 Å². The molecule has 0 bridgehead atoms. The summed E-state index contributed by atoms with van der Waals surface area (Å²) in [6, 6.07) is 15.5. The second-order valence-electron chi connectivity index (χ2n) is 5.02. The molecule has 0 aliphatic carbocycles. The molecule has 0 spiro atoms. The van der Waals surface area contributed by atoms with Gasteiger partial charge in [-0.25, -0.2) is 0 Å². The van der Waals surface area contributed by atoms with E-state index in [2.05, 4.69) is 17.4 Å². The predicted octanol–water partition coefficient (Wildman–Crippen LogP) is 4.12. The molecule has 22 heavy (non-hydrogen) atoms. The van der Waals surface area contributed by atoms with Crippen LogP contribution in [-0.2, 0) is 6.18 Å². The van der Waals surface area contributed by atoms with Crippen LogP contribution in [0, 0.1) is 0 Å². The molecule has 0 radical (unpaired) electrons. The minimum absolute atomic E-state index is 0.245. The highest BCUT2D eigenvalue weighted by Gasteiger charge is 2.30. The van der Waals surface area contributed by atoms with Crippen LogP contribution >= 0.6 is 11.8 Å². The van der Waals surface area contributed by atoms with Gasteiger partial charge >= 0.3 is 6.18 Å². The second kappa shape index (κ2) is 7.70. The molecular weight excluding hydrogens is 307 g/mol. The molecule has 0 unspecified atom stereocenters. The Morgan fingerprint density at radius 1 is 1.00 bits per heavy atom. The van der Waals surface area contributed by atoms with Gasteiger partial charge in [0.1, 0.15) is 0 Å². The highest BCUT2D eigenvalue weighted by Crippen LogP contribution is 2.38. The van der Waals surface area contributed by atoms with Gasteiger partial charge in [-0.15, -0.1) is 11.8 Å². The maximum atomic E-state index is 12.6. The Labute approximate surface area is 132 Å². The van der Waals surface area contributed by atoms with Crippen LogP contribution in [0.25, 0.3) is 0 Å². The minimum Gasteiger partial charge on any atom is -0.349 e. The Kier molecular flexibility index (Phi) is 5.91. The maximum Gasteiger partial charge on any atom is 0.416 e. The number of hydrogen-bond acceptors (Lipinski definition) is 1. The van der Waals surface area contributed by atoms with Crippen molar-refractivity contribution in [2.45, 2.75) is 22.7 Å². The Balaban J connectivity index is 2.13. The van der Waals surface area contributed by atoms with Crippen molar-refractivity contribution < 1.29 is 18.5 Å². The van der Waals surface area contributed by atoms with Crippen LogP contribution in [0.2, 0.25) is 0 Å². The molecule has 2 rings (SSSR count). The van der Waals surface area contributed by atoms with Gasteiger partial charge in [0.15, 0.2) is 0 Å². The average molecular weight is 326 g/mol. The third-order valence-corrected chi connectivity index (χ3v) is 4.69. The van der Waals surface area contributed by atoms with Gasteiger partial charge < -0.3 is 5.32 Å². The van der Waals surface area contributed by atoms with Crippen molar-refractivity contribution in [2.24, 2.45) is 0 Å². The maximum absolute atomic E-state index is 12.6. The van der Waals surface area contributed by atoms with Crippen molar-refractivity contribution in [1.82, 2.24) is 0 Å². The molecule has 118 valence electrons. The first-order valence-corrected chi connectivity index (χ1v) is 8.05. The summed E-state index contributed by atoms with van der Waals surface area (Å²) in [6.45, 7) is 0.979. The molecule has 0 amide bonds. The lowest BCUT2D eigenvalue weighted by Gasteiger charge is -2.16. The van der Waals surface area contributed by atoms with E-state index in [-0.39, 0.29) is 5.25 Å². The summed E-state index contributed by atoms with van der Waals surface area (Å²) < 4.78 is 37.8. The molecule has 1 nitrogen and oxygen atoms in total. The van der Waals surface area contributed by atoms with Gasteiger partial charge in [0.2, 0.25) is 0 Å². The van der Waals surface area contributed by atoms with E-state index >= 15 is 0 Å². The first-order valence-electron chi connectivity index (χ1n) is 7.17. The number of alkyl halides is 3. The standard InChI is InChI=1S/C17H18F3NS/c1-21-12-11-16(13-5-3-2-4-6-13)22-15-9-7-14(8-10-15)17(18,19)20/h2-10,16,21H,11-12H2,1H3/p+1/t16-/m0/s1. The minimum atomic E-state index is -4.28. The lowest BCUT2D eigenvalue weighted by molar-refractivity contribution is -0.627. The van der Waals surface area contributed by atoms with Crippen molar-refractivity contribution in [3.63, 3.8) is 0 Å². The Morgan fingerprint density at radius 2 is 1.64 bits per heavy atom. The van der Waals surface area contributed by atoms with Crippen LogP contribution in [0.4, 0.5) is 13.2 Å². The number of hydrogen-bond donors (Lipinski definition) is 1. The normalized spacial score (nSPS) is 13.1. The van der Waals surface area contributed by atoms with Gasteiger partial charge in [-0.3, -0.25) is 0 Å². The lowest BCUT2D eigenvalue weighted by Crippen LogP contribution is -2.79. The average Bonchev–Trinajstić information content (AvgIpc) is 2.52. The van der Waals surface area contributed by atoms with Crippen LogP contribution in [0.1, 0.15) is 22.8 Å². The van der Waals surface area contributed by atoms with E-state index in [0.717, 1.165) is 30.0 Å². The van der Waals surface area contributed by atoms with E-state index in [1.165, 1.54) is 5.56 Å². The summed E-state index contributed by atoms with van der Waals surface area (Å²) in [7, 11) is 2.02. The van der Waals surface area contributed by atoms with Crippen LogP contribution in [0.15, 0.2) is 59.5 Å². The van der Waals surface area contributed by atoms with Gasteiger partial charge in [0, 0.05) is 16.6 Å². The van der Waals surface area contributed by atoms with Gasteiger partial charge in [-0.2, -0.15) is 13.2 Å². The molecule has 2 aromatic rings. The molecule has 0 aliphatic rings. The zero-order valence-corrected chi connectivity index (χ0v) is 13.1. The Morgan fingerprint density at radius 3 is 2.18 bits per heavy atom. The number of halogens is 3. The summed E-state index contributed by atoms with van der Waals surface area (Å²) in [5.74, 6) is 0. The van der Waals surface area contributed by atoms with Crippen LogP contribution in [-0.4, -0.2) is 13.6 Å². The number of quaternary nitrogens is 1. The highest BCUT2D eigenvalue weighted by atomic mass is 32.2. The van der Waals surface area contributed by atoms with E-state index in [9.17, 15) is 13.2 Å². The number of benzene rings is 2. The number of nitrogens with two attached hydrogens (primary N) is 1. The topological polar surface area (TPSA) is 16.6 Å². The van der Waals surface area contributed by atoms with Crippen LogP contribution < -0.4 is 5.32 Å². The highest BCUT2D eigenvalue weighted by molar-refractivity contribution is 7.99. The fourth-order valence-electron chi connectivity index (χ4n) is 2.17. The summed E-state index contributed by atoms with van der Waals surface area (Å²) in [6.07, 6.45) is -3.31. The molecule has 0 saturated carbocycles. The predicted molar refractivity (Wildman–Crippen MR) is 83.8 cm³/mol. The van der Waals surface area contributed by atoms with E-state index in [1.54, 1.807) is 23.9 Å². The van der Waals surface area contributed by atoms with Gasteiger partial charge in [0.25, 0.3) is 0 Å². The third kappa shape index (κ3) is 4.78. The fourth-order valence-corrected chi connectivity index (χ4v) is 3.34. The van der Waals surface area contributed by atoms with E-state index in [4.69, 9.17) is 0 Å². The molecule has 0 saturated heterocycles. The number of rotatable bonds is 6. The van der Waals surface area contributed by atoms with E-state index in [1.807, 2.05) is 25.2 Å². The summed E-state index contributed by atoms with van der Waals surface area (Å²) in [4.78, 5) is 0.859. The molecule has 1 atom stereocenters. The fraction of sp³-hybridized carbons (Fsp3) is 0.294. The second-order valence-corrected chi connectivity index (χ2v) is 6.30. The quantitative estimate of drug-likeness (QED) is 0.790. The van der Waals surface area contributed by atoms with E-state index < -0.39 is 11.7 Å². The largest absolute Gasteiger partial charge is 0.416 e. The smallest absolute Gasteiger partial charge is 0.349 e. The van der Waals surface area contributed by atoms with Crippen molar-refractivity contribution >= 4 is 11.8 Å². The summed E-state index contributed by atoms with van der Waals surface area (Å²) >= 11 is 1.61. The van der Waals surface area contributed by atoms with Crippen LogP contribution in [0.5, 0.6) is 0 Å². The molecule has 0 aliphatic heterocycles. The lowest BCUT2D eigenvalue weighted by atomic mass is 10.1. The monoisotopic (exact) mass is 326 g/mol. The van der Waals surface area contributed by atoms with Crippen molar-refractivity contribution in [1.29, 1.82) is 0 Å².